The number of fused-ring (bicyclic) bond motifs is 1. The highest BCUT2D eigenvalue weighted by Crippen LogP contribution is 2.32. The molecule has 0 saturated carbocycles. The largest absolute Gasteiger partial charge is 0.486 e. The summed E-state index contributed by atoms with van der Waals surface area (Å²) in [6.45, 7) is 3.96. The van der Waals surface area contributed by atoms with E-state index in [9.17, 15) is 0 Å². The van der Waals surface area contributed by atoms with Crippen LogP contribution in [0.5, 0.6) is 5.75 Å². The van der Waals surface area contributed by atoms with E-state index in [4.69, 9.17) is 4.74 Å². The van der Waals surface area contributed by atoms with Crippen LogP contribution in [0.15, 0.2) is 69.8 Å². The molecular formula is C17H17N3O. The van der Waals surface area contributed by atoms with E-state index in [1.165, 1.54) is 0 Å². The second-order valence-electron chi connectivity index (χ2n) is 5.04. The van der Waals surface area contributed by atoms with Crippen LogP contribution in [-0.4, -0.2) is 17.9 Å². The lowest BCUT2D eigenvalue weighted by Crippen LogP contribution is -2.31. The number of rotatable bonds is 2. The molecule has 0 amide bonds. The summed E-state index contributed by atoms with van der Waals surface area (Å²) < 4.78 is 5.96. The molecule has 1 aliphatic heterocycles. The van der Waals surface area contributed by atoms with Crippen LogP contribution in [0, 0.1) is 0 Å². The van der Waals surface area contributed by atoms with Crippen molar-refractivity contribution in [3.05, 3.63) is 54.6 Å². The third-order valence-electron chi connectivity index (χ3n) is 3.40. The molecule has 4 nitrogen and oxygen atoms in total. The fourth-order valence-corrected chi connectivity index (χ4v) is 2.31. The zero-order valence-corrected chi connectivity index (χ0v) is 12.1. The van der Waals surface area contributed by atoms with E-state index < -0.39 is 0 Å². The van der Waals surface area contributed by atoms with Crippen LogP contribution >= 0.6 is 0 Å². The summed E-state index contributed by atoms with van der Waals surface area (Å²) in [5, 5.41) is 8.73. The van der Waals surface area contributed by atoms with Gasteiger partial charge in [-0.2, -0.15) is 10.2 Å². The lowest BCUT2D eigenvalue weighted by molar-refractivity contribution is 0.214. The van der Waals surface area contributed by atoms with Crippen molar-refractivity contribution in [1.82, 2.24) is 0 Å². The molecule has 21 heavy (non-hydrogen) atoms. The van der Waals surface area contributed by atoms with Crippen molar-refractivity contribution in [3.8, 4) is 5.75 Å². The fraction of sp³-hybridized carbons (Fsp3) is 0.235. The van der Waals surface area contributed by atoms with Gasteiger partial charge >= 0.3 is 0 Å². The van der Waals surface area contributed by atoms with Crippen molar-refractivity contribution in [2.75, 3.05) is 0 Å². The predicted molar refractivity (Wildman–Crippen MR) is 84.0 cm³/mol. The Kier molecular flexibility index (Phi) is 3.77. The fourth-order valence-electron chi connectivity index (χ4n) is 2.31. The maximum Gasteiger partial charge on any atom is 0.145 e. The summed E-state index contributed by atoms with van der Waals surface area (Å²) in [7, 11) is 0. The van der Waals surface area contributed by atoms with E-state index in [-0.39, 0.29) is 12.1 Å². The zero-order valence-electron chi connectivity index (χ0n) is 12.1. The Hall–Kier alpha value is -2.49. The van der Waals surface area contributed by atoms with E-state index in [0.29, 0.717) is 0 Å². The first-order valence-electron chi connectivity index (χ1n) is 7.01. The third kappa shape index (κ3) is 2.99. The van der Waals surface area contributed by atoms with Crippen LogP contribution < -0.4 is 4.74 Å². The first-order valence-corrected chi connectivity index (χ1v) is 7.01. The van der Waals surface area contributed by atoms with Gasteiger partial charge in [-0.05, 0) is 38.1 Å². The Morgan fingerprint density at radius 3 is 2.52 bits per heavy atom. The summed E-state index contributed by atoms with van der Waals surface area (Å²) in [5.74, 6) is 0.793. The van der Waals surface area contributed by atoms with E-state index in [1.54, 1.807) is 0 Å². The van der Waals surface area contributed by atoms with E-state index >= 15 is 0 Å². The minimum atomic E-state index is -0.183. The molecule has 0 saturated heterocycles. The molecule has 2 aromatic rings. The van der Waals surface area contributed by atoms with Crippen LogP contribution in [0.1, 0.15) is 13.8 Å². The third-order valence-corrected chi connectivity index (χ3v) is 3.40. The Bertz CT molecular complexity index is 679. The molecule has 0 radical (unpaired) electrons. The van der Waals surface area contributed by atoms with Crippen LogP contribution in [0.2, 0.25) is 0 Å². The van der Waals surface area contributed by atoms with Gasteiger partial charge in [-0.3, -0.25) is 4.99 Å². The van der Waals surface area contributed by atoms with Crippen LogP contribution in [0.4, 0.5) is 11.4 Å². The Labute approximate surface area is 124 Å². The average molecular weight is 279 g/mol. The van der Waals surface area contributed by atoms with Gasteiger partial charge < -0.3 is 4.74 Å². The van der Waals surface area contributed by atoms with Crippen molar-refractivity contribution in [2.24, 2.45) is 15.2 Å². The SMILES string of the molecule is CC1=Nc2ccccc2OC(C)C1N=Nc1ccccc1. The summed E-state index contributed by atoms with van der Waals surface area (Å²) in [6.07, 6.45) is -0.107. The number of aliphatic imine (C=N–C) groups is 1. The molecule has 2 atom stereocenters. The van der Waals surface area contributed by atoms with Gasteiger partial charge in [0.05, 0.1) is 5.69 Å². The Balaban J connectivity index is 1.89. The van der Waals surface area contributed by atoms with Gasteiger partial charge in [-0.1, -0.05) is 30.3 Å². The molecule has 0 aromatic heterocycles. The van der Waals surface area contributed by atoms with Crippen molar-refractivity contribution in [1.29, 1.82) is 0 Å². The number of azo groups is 1. The predicted octanol–water partition coefficient (Wildman–Crippen LogP) is 4.71. The Morgan fingerprint density at radius 1 is 1.00 bits per heavy atom. The summed E-state index contributed by atoms with van der Waals surface area (Å²) in [4.78, 5) is 4.62. The van der Waals surface area contributed by atoms with Gasteiger partial charge in [0, 0.05) is 5.71 Å². The van der Waals surface area contributed by atoms with E-state index in [1.807, 2.05) is 68.4 Å². The lowest BCUT2D eigenvalue weighted by atomic mass is 10.1. The van der Waals surface area contributed by atoms with Crippen LogP contribution in [-0.2, 0) is 0 Å². The van der Waals surface area contributed by atoms with E-state index in [0.717, 1.165) is 22.8 Å². The number of hydrogen-bond donors (Lipinski definition) is 0. The number of para-hydroxylation sites is 2. The summed E-state index contributed by atoms with van der Waals surface area (Å²) in [6, 6.07) is 17.3. The second kappa shape index (κ2) is 5.87. The first-order chi connectivity index (χ1) is 10.2. The second-order valence-corrected chi connectivity index (χ2v) is 5.04. The molecule has 0 spiro atoms. The molecular weight excluding hydrogens is 262 g/mol. The number of ether oxygens (including phenoxy) is 1. The monoisotopic (exact) mass is 279 g/mol. The standard InChI is InChI=1S/C17H17N3O/c1-12-17(20-19-14-8-4-3-5-9-14)13(2)21-16-11-7-6-10-15(16)18-12/h3-11,13,17H,1-2H3. The molecule has 1 aliphatic rings. The minimum absolute atomic E-state index is 0.107. The number of hydrogen-bond acceptors (Lipinski definition) is 4. The smallest absolute Gasteiger partial charge is 0.145 e. The molecule has 3 rings (SSSR count). The molecule has 0 bridgehead atoms. The van der Waals surface area contributed by atoms with Gasteiger partial charge in [-0.15, -0.1) is 0 Å². The topological polar surface area (TPSA) is 46.3 Å². The maximum absolute atomic E-state index is 5.96. The highest BCUT2D eigenvalue weighted by Gasteiger charge is 2.25. The van der Waals surface area contributed by atoms with Crippen molar-refractivity contribution >= 4 is 17.1 Å². The van der Waals surface area contributed by atoms with Gasteiger partial charge in [0.15, 0.2) is 0 Å². The molecule has 0 fully saturated rings. The highest BCUT2D eigenvalue weighted by atomic mass is 16.5. The van der Waals surface area contributed by atoms with Gasteiger partial charge in [0.1, 0.15) is 23.6 Å². The Morgan fingerprint density at radius 2 is 1.71 bits per heavy atom. The molecule has 0 aliphatic carbocycles. The average Bonchev–Trinajstić information content (AvgIpc) is 2.62. The lowest BCUT2D eigenvalue weighted by Gasteiger charge is -2.17. The summed E-state index contributed by atoms with van der Waals surface area (Å²) >= 11 is 0. The molecule has 2 unspecified atom stereocenters. The normalized spacial score (nSPS) is 21.3. The van der Waals surface area contributed by atoms with E-state index in [2.05, 4.69) is 15.2 Å². The molecule has 0 N–H and O–H groups in total. The van der Waals surface area contributed by atoms with Crippen LogP contribution in [0.3, 0.4) is 0 Å². The van der Waals surface area contributed by atoms with Crippen molar-refractivity contribution < 1.29 is 4.74 Å². The minimum Gasteiger partial charge on any atom is -0.486 e. The maximum atomic E-state index is 5.96. The molecule has 1 heterocycles. The molecule has 4 heteroatoms. The molecule has 106 valence electrons. The van der Waals surface area contributed by atoms with Crippen LogP contribution in [0.25, 0.3) is 0 Å². The van der Waals surface area contributed by atoms with Crippen molar-refractivity contribution in [2.45, 2.75) is 26.0 Å². The van der Waals surface area contributed by atoms with Crippen molar-refractivity contribution in [3.63, 3.8) is 0 Å². The molecule has 2 aromatic carbocycles. The van der Waals surface area contributed by atoms with Gasteiger partial charge in [-0.25, -0.2) is 0 Å². The van der Waals surface area contributed by atoms with Gasteiger partial charge in [0.2, 0.25) is 0 Å². The highest BCUT2D eigenvalue weighted by molar-refractivity contribution is 5.91. The van der Waals surface area contributed by atoms with Gasteiger partial charge in [0.25, 0.3) is 0 Å². The quantitative estimate of drug-likeness (QED) is 0.734. The number of nitrogens with zero attached hydrogens (tertiary/aromatic N) is 3. The number of benzene rings is 2. The first kappa shape index (κ1) is 13.5. The summed E-state index contributed by atoms with van der Waals surface area (Å²) in [5.41, 5.74) is 2.59. The zero-order chi connectivity index (χ0) is 14.7.